The van der Waals surface area contributed by atoms with Gasteiger partial charge in [-0.05, 0) is 22.0 Å². The molecule has 0 radical (unpaired) electrons. The van der Waals surface area contributed by atoms with E-state index in [2.05, 4.69) is 15.9 Å². The Morgan fingerprint density at radius 1 is 1.58 bits per heavy atom. The number of primary amides is 1. The fourth-order valence-corrected chi connectivity index (χ4v) is 3.50. The highest BCUT2D eigenvalue weighted by atomic mass is 79.9. The third kappa shape index (κ3) is 1.18. The van der Waals surface area contributed by atoms with Crippen LogP contribution in [-0.2, 0) is 0 Å². The third-order valence-electron chi connectivity index (χ3n) is 1.47. The highest BCUT2D eigenvalue weighted by Gasteiger charge is 2.09. The van der Waals surface area contributed by atoms with Crippen molar-refractivity contribution in [3.8, 4) is 0 Å². The van der Waals surface area contributed by atoms with Crippen molar-refractivity contribution in [3.05, 3.63) is 20.1 Å². The molecule has 0 spiro atoms. The maximum atomic E-state index is 10.8. The highest BCUT2D eigenvalue weighted by Crippen LogP contribution is 2.36. The predicted molar refractivity (Wildman–Crippen MR) is 55.9 cm³/mol. The molecule has 2 aromatic rings. The van der Waals surface area contributed by atoms with Crippen molar-refractivity contribution in [3.63, 3.8) is 0 Å². The summed E-state index contributed by atoms with van der Waals surface area (Å²) in [5.74, 6) is -0.354. The highest BCUT2D eigenvalue weighted by molar-refractivity contribution is 9.11. The van der Waals surface area contributed by atoms with Gasteiger partial charge >= 0.3 is 0 Å². The van der Waals surface area contributed by atoms with Gasteiger partial charge in [0.05, 0.1) is 13.4 Å². The number of carbonyl (C=O) groups is 1. The predicted octanol–water partition coefficient (Wildman–Crippen LogP) is 2.82. The number of rotatable bonds is 1. The van der Waals surface area contributed by atoms with Crippen LogP contribution in [0.5, 0.6) is 0 Å². The molecule has 2 nitrogen and oxygen atoms in total. The van der Waals surface area contributed by atoms with E-state index in [9.17, 15) is 4.79 Å². The Morgan fingerprint density at radius 3 is 2.92 bits per heavy atom. The maximum Gasteiger partial charge on any atom is 0.258 e. The van der Waals surface area contributed by atoms with Gasteiger partial charge in [0.1, 0.15) is 0 Å². The normalized spacial score (nSPS) is 10.8. The van der Waals surface area contributed by atoms with Crippen LogP contribution in [0.4, 0.5) is 0 Å². The van der Waals surface area contributed by atoms with E-state index in [-0.39, 0.29) is 5.91 Å². The van der Waals surface area contributed by atoms with Gasteiger partial charge in [-0.25, -0.2) is 0 Å². The first-order valence-corrected chi connectivity index (χ1v) is 5.64. The second-order valence-corrected chi connectivity index (χ2v) is 5.52. The van der Waals surface area contributed by atoms with E-state index in [1.54, 1.807) is 11.3 Å². The average Bonchev–Trinajstić information content (AvgIpc) is 2.53. The topological polar surface area (TPSA) is 43.1 Å². The van der Waals surface area contributed by atoms with E-state index in [1.165, 1.54) is 11.3 Å². The van der Waals surface area contributed by atoms with Crippen LogP contribution in [0, 0.1) is 0 Å². The lowest BCUT2D eigenvalue weighted by Gasteiger charge is -1.82. The molecule has 0 aliphatic rings. The zero-order valence-corrected chi connectivity index (χ0v) is 9.05. The third-order valence-corrected chi connectivity index (χ3v) is 4.79. The lowest BCUT2D eigenvalue weighted by molar-refractivity contribution is 0.100. The maximum absolute atomic E-state index is 10.8. The molecule has 2 N–H and O–H groups in total. The van der Waals surface area contributed by atoms with Gasteiger partial charge in [0, 0.05) is 10.8 Å². The summed E-state index contributed by atoms with van der Waals surface area (Å²) in [6.45, 7) is 0. The zero-order chi connectivity index (χ0) is 8.72. The van der Waals surface area contributed by atoms with Gasteiger partial charge in [-0.2, -0.15) is 0 Å². The fourth-order valence-electron chi connectivity index (χ4n) is 0.936. The van der Waals surface area contributed by atoms with Crippen molar-refractivity contribution in [2.24, 2.45) is 5.73 Å². The fraction of sp³-hybridized carbons (Fsp3) is 0. The minimum atomic E-state index is -0.354. The van der Waals surface area contributed by atoms with Crippen LogP contribution in [0.15, 0.2) is 15.2 Å². The molecule has 0 saturated heterocycles. The molecule has 1 amide bonds. The summed E-state index contributed by atoms with van der Waals surface area (Å²) >= 11 is 6.45. The summed E-state index contributed by atoms with van der Waals surface area (Å²) in [5.41, 5.74) is 5.15. The minimum Gasteiger partial charge on any atom is -0.365 e. The molecule has 0 bridgehead atoms. The van der Waals surface area contributed by atoms with Crippen molar-refractivity contribution >= 4 is 54.6 Å². The summed E-state index contributed by atoms with van der Waals surface area (Å²) in [4.78, 5) is 11.4. The van der Waals surface area contributed by atoms with Crippen molar-refractivity contribution in [1.29, 1.82) is 0 Å². The largest absolute Gasteiger partial charge is 0.365 e. The van der Waals surface area contributed by atoms with Crippen LogP contribution in [0.3, 0.4) is 0 Å². The lowest BCUT2D eigenvalue weighted by atomic mass is 10.4. The van der Waals surface area contributed by atoms with Crippen molar-refractivity contribution in [2.75, 3.05) is 0 Å². The first-order valence-electron chi connectivity index (χ1n) is 3.15. The first-order chi connectivity index (χ1) is 5.68. The number of fused-ring (bicyclic) bond motifs is 1. The van der Waals surface area contributed by atoms with Gasteiger partial charge in [-0.15, -0.1) is 22.7 Å². The van der Waals surface area contributed by atoms with Gasteiger partial charge in [0.15, 0.2) is 0 Å². The summed E-state index contributed by atoms with van der Waals surface area (Å²) in [6.07, 6.45) is 0. The standard InChI is InChI=1S/C7H4BrNOS2/c8-6-5-3(2-11-6)1-4(12-5)7(9)10/h1-2H,(H2,9,10). The second kappa shape index (κ2) is 2.83. The zero-order valence-electron chi connectivity index (χ0n) is 5.83. The van der Waals surface area contributed by atoms with E-state index >= 15 is 0 Å². The van der Waals surface area contributed by atoms with Crippen LogP contribution < -0.4 is 5.73 Å². The molecule has 12 heavy (non-hydrogen) atoms. The summed E-state index contributed by atoms with van der Waals surface area (Å²) in [7, 11) is 0. The quantitative estimate of drug-likeness (QED) is 0.843. The molecule has 0 fully saturated rings. The van der Waals surface area contributed by atoms with Crippen LogP contribution in [-0.4, -0.2) is 5.91 Å². The van der Waals surface area contributed by atoms with Crippen molar-refractivity contribution in [1.82, 2.24) is 0 Å². The molecule has 0 saturated carbocycles. The number of hydrogen-bond acceptors (Lipinski definition) is 3. The van der Waals surface area contributed by atoms with E-state index in [0.29, 0.717) is 4.88 Å². The Morgan fingerprint density at radius 2 is 2.33 bits per heavy atom. The van der Waals surface area contributed by atoms with Crippen LogP contribution in [0.2, 0.25) is 0 Å². The molecule has 0 aromatic carbocycles. The van der Waals surface area contributed by atoms with Gasteiger partial charge in [-0.3, -0.25) is 4.79 Å². The molecule has 62 valence electrons. The number of nitrogens with two attached hydrogens (primary N) is 1. The molecule has 0 aliphatic heterocycles. The molecule has 2 heterocycles. The molecule has 2 rings (SSSR count). The Kier molecular flexibility index (Phi) is 1.94. The molecular formula is C7H4BrNOS2. The summed E-state index contributed by atoms with van der Waals surface area (Å²) in [5, 5.41) is 3.09. The first kappa shape index (κ1) is 8.22. The molecule has 0 aliphatic carbocycles. The van der Waals surface area contributed by atoms with Crippen LogP contribution in [0.1, 0.15) is 9.67 Å². The molecule has 5 heteroatoms. The van der Waals surface area contributed by atoms with E-state index in [4.69, 9.17) is 5.73 Å². The summed E-state index contributed by atoms with van der Waals surface area (Å²) < 4.78 is 2.17. The van der Waals surface area contributed by atoms with Gasteiger partial charge in [0.2, 0.25) is 0 Å². The Hall–Kier alpha value is -0.390. The minimum absolute atomic E-state index is 0.354. The van der Waals surface area contributed by atoms with E-state index < -0.39 is 0 Å². The Labute approximate surface area is 85.1 Å². The van der Waals surface area contributed by atoms with Gasteiger partial charge in [0.25, 0.3) is 5.91 Å². The molecular weight excluding hydrogens is 258 g/mol. The summed E-state index contributed by atoms with van der Waals surface area (Å²) in [6, 6.07) is 1.82. The smallest absolute Gasteiger partial charge is 0.258 e. The number of halogens is 1. The molecule has 0 atom stereocenters. The van der Waals surface area contributed by atoms with E-state index in [1.807, 2.05) is 11.4 Å². The average molecular weight is 262 g/mol. The number of thiophene rings is 2. The molecule has 0 unspecified atom stereocenters. The molecule has 2 aromatic heterocycles. The van der Waals surface area contributed by atoms with Gasteiger partial charge < -0.3 is 5.73 Å². The second-order valence-electron chi connectivity index (χ2n) is 2.27. The monoisotopic (exact) mass is 261 g/mol. The Balaban J connectivity index is 2.70. The Bertz CT molecular complexity index is 445. The SMILES string of the molecule is NC(=O)c1cc2csc(Br)c2s1. The van der Waals surface area contributed by atoms with Crippen LogP contribution >= 0.6 is 38.6 Å². The van der Waals surface area contributed by atoms with Gasteiger partial charge in [-0.1, -0.05) is 0 Å². The number of carbonyl (C=O) groups excluding carboxylic acids is 1. The van der Waals surface area contributed by atoms with Crippen LogP contribution in [0.25, 0.3) is 10.1 Å². The lowest BCUT2D eigenvalue weighted by Crippen LogP contribution is -2.07. The number of amides is 1. The number of hydrogen-bond donors (Lipinski definition) is 1. The van der Waals surface area contributed by atoms with E-state index in [0.717, 1.165) is 13.9 Å². The van der Waals surface area contributed by atoms with Crippen molar-refractivity contribution < 1.29 is 4.79 Å². The van der Waals surface area contributed by atoms with Crippen molar-refractivity contribution in [2.45, 2.75) is 0 Å².